The van der Waals surface area contributed by atoms with Crippen LogP contribution in [0.15, 0.2) is 88.3 Å². The molecule has 1 aliphatic rings. The van der Waals surface area contributed by atoms with Crippen molar-refractivity contribution in [3.63, 3.8) is 0 Å². The molecule has 35 heavy (non-hydrogen) atoms. The SMILES string of the molecule is CONC(=O)[C@@]1(Cc2ccccc2Br)N=C(c2ccc(OCCCO)cc2)O[C@H]1c1ccccc1. The molecule has 0 bridgehead atoms. The molecule has 0 aliphatic carbocycles. The number of nitrogens with zero attached hydrogens (tertiary/aromatic N) is 1. The van der Waals surface area contributed by atoms with Gasteiger partial charge < -0.3 is 14.6 Å². The van der Waals surface area contributed by atoms with Gasteiger partial charge in [0.15, 0.2) is 11.6 Å². The maximum absolute atomic E-state index is 13.6. The average molecular weight is 539 g/mol. The molecule has 1 aliphatic heterocycles. The lowest BCUT2D eigenvalue weighted by Crippen LogP contribution is -2.49. The van der Waals surface area contributed by atoms with Gasteiger partial charge in [-0.05, 0) is 41.5 Å². The molecule has 7 nitrogen and oxygen atoms in total. The second kappa shape index (κ2) is 11.5. The number of carbonyl (C=O) groups is 1. The summed E-state index contributed by atoms with van der Waals surface area (Å²) in [5, 5.41) is 8.95. The highest BCUT2D eigenvalue weighted by Gasteiger charge is 2.53. The molecule has 0 unspecified atom stereocenters. The predicted octanol–water partition coefficient (Wildman–Crippen LogP) is 4.39. The Morgan fingerprint density at radius 3 is 2.49 bits per heavy atom. The Morgan fingerprint density at radius 1 is 1.09 bits per heavy atom. The van der Waals surface area contributed by atoms with Crippen molar-refractivity contribution in [1.82, 2.24) is 5.48 Å². The molecule has 2 atom stereocenters. The molecule has 0 fully saturated rings. The first-order valence-corrected chi connectivity index (χ1v) is 12.1. The quantitative estimate of drug-likeness (QED) is 0.295. The zero-order valence-corrected chi connectivity index (χ0v) is 20.9. The van der Waals surface area contributed by atoms with E-state index < -0.39 is 17.6 Å². The average Bonchev–Trinajstić information content (AvgIpc) is 3.27. The molecule has 0 saturated carbocycles. The maximum Gasteiger partial charge on any atom is 0.276 e. The predicted molar refractivity (Wildman–Crippen MR) is 136 cm³/mol. The van der Waals surface area contributed by atoms with Crippen molar-refractivity contribution in [3.05, 3.63) is 100 Å². The summed E-state index contributed by atoms with van der Waals surface area (Å²) in [5.74, 6) is 0.639. The Balaban J connectivity index is 1.76. The van der Waals surface area contributed by atoms with Crippen LogP contribution in [0.4, 0.5) is 0 Å². The van der Waals surface area contributed by atoms with E-state index in [0.717, 1.165) is 21.2 Å². The van der Waals surface area contributed by atoms with E-state index in [9.17, 15) is 4.79 Å². The Hall–Kier alpha value is -3.20. The summed E-state index contributed by atoms with van der Waals surface area (Å²) >= 11 is 3.60. The summed E-state index contributed by atoms with van der Waals surface area (Å²) in [6, 6.07) is 24.7. The fraction of sp³-hybridized carbons (Fsp3) is 0.259. The minimum absolute atomic E-state index is 0.0761. The number of carbonyl (C=O) groups excluding carboxylic acids is 1. The van der Waals surface area contributed by atoms with Gasteiger partial charge in [-0.3, -0.25) is 9.63 Å². The van der Waals surface area contributed by atoms with E-state index in [1.165, 1.54) is 7.11 Å². The number of aliphatic hydroxyl groups excluding tert-OH is 1. The first kappa shape index (κ1) is 24.9. The van der Waals surface area contributed by atoms with E-state index in [0.29, 0.717) is 24.7 Å². The summed E-state index contributed by atoms with van der Waals surface area (Å²) in [6.07, 6.45) is 0.166. The summed E-state index contributed by atoms with van der Waals surface area (Å²) in [6.45, 7) is 0.502. The zero-order valence-electron chi connectivity index (χ0n) is 19.3. The van der Waals surface area contributed by atoms with E-state index in [2.05, 4.69) is 21.4 Å². The number of amides is 1. The molecule has 1 amide bonds. The summed E-state index contributed by atoms with van der Waals surface area (Å²) in [4.78, 5) is 23.5. The Kier molecular flexibility index (Phi) is 8.17. The van der Waals surface area contributed by atoms with Crippen LogP contribution in [-0.2, 0) is 20.8 Å². The van der Waals surface area contributed by atoms with Crippen molar-refractivity contribution in [1.29, 1.82) is 0 Å². The lowest BCUT2D eigenvalue weighted by molar-refractivity contribution is -0.139. The van der Waals surface area contributed by atoms with Crippen molar-refractivity contribution in [2.75, 3.05) is 20.3 Å². The number of nitrogens with one attached hydrogen (secondary N) is 1. The molecule has 0 saturated heterocycles. The van der Waals surface area contributed by atoms with E-state index in [-0.39, 0.29) is 13.0 Å². The summed E-state index contributed by atoms with van der Waals surface area (Å²) < 4.78 is 12.9. The number of hydrogen-bond donors (Lipinski definition) is 2. The van der Waals surface area contributed by atoms with Crippen molar-refractivity contribution in [2.24, 2.45) is 4.99 Å². The van der Waals surface area contributed by atoms with Crippen molar-refractivity contribution in [3.8, 4) is 5.75 Å². The lowest BCUT2D eigenvalue weighted by Gasteiger charge is -2.30. The third-order valence-corrected chi connectivity index (χ3v) is 6.52. The molecule has 3 aromatic carbocycles. The molecule has 1 heterocycles. The van der Waals surface area contributed by atoms with Crippen molar-refractivity contribution in [2.45, 2.75) is 24.5 Å². The van der Waals surface area contributed by atoms with Gasteiger partial charge in [0.1, 0.15) is 5.75 Å². The minimum atomic E-state index is -1.31. The smallest absolute Gasteiger partial charge is 0.276 e. The van der Waals surface area contributed by atoms with E-state index in [4.69, 9.17) is 24.4 Å². The minimum Gasteiger partial charge on any atom is -0.494 e. The number of rotatable bonds is 10. The molecule has 3 aromatic rings. The number of ether oxygens (including phenoxy) is 2. The summed E-state index contributed by atoms with van der Waals surface area (Å²) in [7, 11) is 1.40. The summed E-state index contributed by atoms with van der Waals surface area (Å²) in [5.41, 5.74) is 3.65. The number of hydrogen-bond acceptors (Lipinski definition) is 6. The standard InChI is InChI=1S/C27H27BrN2O5/c1-33-30-26(32)27(18-21-10-5-6-11-23(21)28)24(19-8-3-2-4-9-19)35-25(29-27)20-12-14-22(15-13-20)34-17-7-16-31/h2-6,8-15,24,31H,7,16-18H2,1H3,(H,30,32)/t24-,27-/m0/s1. The fourth-order valence-electron chi connectivity index (χ4n) is 4.02. The molecule has 182 valence electrons. The van der Waals surface area contributed by atoms with E-state index in [1.807, 2.05) is 78.9 Å². The highest BCUT2D eigenvalue weighted by atomic mass is 79.9. The van der Waals surface area contributed by atoms with Crippen LogP contribution in [0.3, 0.4) is 0 Å². The second-order valence-corrected chi connectivity index (χ2v) is 8.96. The molecular formula is C27H27BrN2O5. The molecule has 0 aromatic heterocycles. The maximum atomic E-state index is 13.6. The van der Waals surface area contributed by atoms with Crippen LogP contribution in [0.5, 0.6) is 5.75 Å². The largest absolute Gasteiger partial charge is 0.494 e. The van der Waals surface area contributed by atoms with Crippen LogP contribution in [0, 0.1) is 0 Å². The number of aliphatic imine (C=N–C) groups is 1. The third-order valence-electron chi connectivity index (χ3n) is 5.74. The number of hydroxylamine groups is 1. The Morgan fingerprint density at radius 2 is 1.80 bits per heavy atom. The van der Waals surface area contributed by atoms with Crippen molar-refractivity contribution < 1.29 is 24.2 Å². The molecule has 8 heteroatoms. The van der Waals surface area contributed by atoms with Gasteiger partial charge in [0.25, 0.3) is 5.91 Å². The van der Waals surface area contributed by atoms with Crippen LogP contribution in [0.1, 0.15) is 29.2 Å². The Labute approximate surface area is 212 Å². The Bertz CT molecular complexity index is 1170. The van der Waals surface area contributed by atoms with Gasteiger partial charge in [0, 0.05) is 29.5 Å². The molecule has 0 radical (unpaired) electrons. The van der Waals surface area contributed by atoms with Crippen LogP contribution in [0.25, 0.3) is 0 Å². The van der Waals surface area contributed by atoms with Gasteiger partial charge in [0.2, 0.25) is 5.90 Å². The molecule has 0 spiro atoms. The first-order chi connectivity index (χ1) is 17.1. The fourth-order valence-corrected chi connectivity index (χ4v) is 4.45. The monoisotopic (exact) mass is 538 g/mol. The zero-order chi connectivity index (χ0) is 24.7. The highest BCUT2D eigenvalue weighted by molar-refractivity contribution is 9.10. The van der Waals surface area contributed by atoms with Crippen LogP contribution >= 0.6 is 15.9 Å². The number of benzene rings is 3. The second-order valence-electron chi connectivity index (χ2n) is 8.10. The molecule has 2 N–H and O–H groups in total. The topological polar surface area (TPSA) is 89.4 Å². The normalized spacial score (nSPS) is 19.1. The van der Waals surface area contributed by atoms with Gasteiger partial charge in [-0.15, -0.1) is 0 Å². The number of halogens is 1. The van der Waals surface area contributed by atoms with Crippen molar-refractivity contribution >= 4 is 27.7 Å². The van der Waals surface area contributed by atoms with Gasteiger partial charge in [-0.2, -0.15) is 0 Å². The van der Waals surface area contributed by atoms with E-state index in [1.54, 1.807) is 0 Å². The highest BCUT2D eigenvalue weighted by Crippen LogP contribution is 2.43. The number of aliphatic hydroxyl groups is 1. The van der Waals surface area contributed by atoms with Gasteiger partial charge in [-0.1, -0.05) is 64.5 Å². The molecule has 4 rings (SSSR count). The third kappa shape index (κ3) is 5.56. The van der Waals surface area contributed by atoms with E-state index >= 15 is 0 Å². The van der Waals surface area contributed by atoms with Gasteiger partial charge >= 0.3 is 0 Å². The van der Waals surface area contributed by atoms with Crippen LogP contribution in [-0.4, -0.2) is 42.8 Å². The first-order valence-electron chi connectivity index (χ1n) is 11.3. The van der Waals surface area contributed by atoms with Gasteiger partial charge in [0.05, 0.1) is 13.7 Å². The lowest BCUT2D eigenvalue weighted by atomic mass is 9.82. The molecular weight excluding hydrogens is 512 g/mol. The van der Waals surface area contributed by atoms with Crippen LogP contribution < -0.4 is 10.2 Å². The van der Waals surface area contributed by atoms with Gasteiger partial charge in [-0.25, -0.2) is 10.5 Å². The van der Waals surface area contributed by atoms with Crippen LogP contribution in [0.2, 0.25) is 0 Å².